The van der Waals surface area contributed by atoms with Crippen molar-refractivity contribution in [1.82, 2.24) is 20.0 Å². The summed E-state index contributed by atoms with van der Waals surface area (Å²) in [7, 11) is 0. The lowest BCUT2D eigenvalue weighted by atomic mass is 10.1. The quantitative estimate of drug-likeness (QED) is 0.795. The number of carbonyl (C=O) groups is 2. The largest absolute Gasteiger partial charge is 0.352 e. The van der Waals surface area contributed by atoms with Crippen LogP contribution in [0.1, 0.15) is 44.6 Å². The van der Waals surface area contributed by atoms with Crippen LogP contribution in [0.4, 0.5) is 4.79 Å². The first-order valence-corrected chi connectivity index (χ1v) is 8.36. The number of nitrogens with two attached hydrogens (primary N) is 1. The second-order valence-electron chi connectivity index (χ2n) is 6.27. The molecule has 2 heterocycles. The number of nitrogens with zero attached hydrogens (tertiary/aromatic N) is 3. The van der Waals surface area contributed by atoms with Crippen LogP contribution >= 0.6 is 0 Å². The predicted octanol–water partition coefficient (Wildman–Crippen LogP) is 1.41. The molecule has 0 unspecified atom stereocenters. The van der Waals surface area contributed by atoms with Crippen molar-refractivity contribution in [3.8, 4) is 0 Å². The van der Waals surface area contributed by atoms with Crippen LogP contribution < -0.4 is 11.1 Å². The highest BCUT2D eigenvalue weighted by Gasteiger charge is 2.33. The Morgan fingerprint density at radius 3 is 2.91 bits per heavy atom. The van der Waals surface area contributed by atoms with E-state index in [1.54, 1.807) is 0 Å². The van der Waals surface area contributed by atoms with Crippen molar-refractivity contribution in [2.45, 2.75) is 64.6 Å². The van der Waals surface area contributed by atoms with E-state index in [4.69, 9.17) is 5.73 Å². The van der Waals surface area contributed by atoms with Crippen molar-refractivity contribution in [1.29, 1.82) is 0 Å². The Balaban J connectivity index is 2.03. The standard InChI is InChI=1S/C16H27N5O2/c1-3-4-7-14(19-16(17)23)15(22)21-8-5-6-13(21)11-20-10-12(2)9-18-20/h9-10,13-14H,3-8,11H2,1-2H3,(H3,17,19,23)/t13-,14-/m1/s1. The number of urea groups is 1. The highest BCUT2D eigenvalue weighted by atomic mass is 16.2. The average Bonchev–Trinajstić information content (AvgIpc) is 3.12. The Kier molecular flexibility index (Phi) is 6.01. The number of aromatic nitrogens is 2. The second-order valence-corrected chi connectivity index (χ2v) is 6.27. The highest BCUT2D eigenvalue weighted by Crippen LogP contribution is 2.21. The fourth-order valence-corrected chi connectivity index (χ4v) is 3.14. The van der Waals surface area contributed by atoms with Crippen molar-refractivity contribution in [2.24, 2.45) is 5.73 Å². The number of amides is 3. The van der Waals surface area contributed by atoms with E-state index in [9.17, 15) is 9.59 Å². The van der Waals surface area contributed by atoms with Crippen molar-refractivity contribution >= 4 is 11.9 Å². The third kappa shape index (κ3) is 4.71. The van der Waals surface area contributed by atoms with Gasteiger partial charge < -0.3 is 16.0 Å². The van der Waals surface area contributed by atoms with Crippen LogP contribution in [0, 0.1) is 6.92 Å². The zero-order valence-corrected chi connectivity index (χ0v) is 14.0. The fourth-order valence-electron chi connectivity index (χ4n) is 3.14. The van der Waals surface area contributed by atoms with Gasteiger partial charge in [0, 0.05) is 12.7 Å². The molecule has 0 aromatic carbocycles. The number of aryl methyl sites for hydroxylation is 1. The Hall–Kier alpha value is -2.05. The van der Waals surface area contributed by atoms with Gasteiger partial charge >= 0.3 is 6.03 Å². The minimum Gasteiger partial charge on any atom is -0.352 e. The van der Waals surface area contributed by atoms with Gasteiger partial charge in [-0.2, -0.15) is 5.10 Å². The third-order valence-electron chi connectivity index (χ3n) is 4.28. The zero-order chi connectivity index (χ0) is 16.8. The van der Waals surface area contributed by atoms with Gasteiger partial charge in [0.15, 0.2) is 0 Å². The van der Waals surface area contributed by atoms with Crippen molar-refractivity contribution in [3.05, 3.63) is 18.0 Å². The lowest BCUT2D eigenvalue weighted by Gasteiger charge is -2.29. The first-order chi connectivity index (χ1) is 11.0. The molecule has 2 atom stereocenters. The predicted molar refractivity (Wildman–Crippen MR) is 87.7 cm³/mol. The van der Waals surface area contributed by atoms with Gasteiger partial charge in [0.1, 0.15) is 6.04 Å². The third-order valence-corrected chi connectivity index (χ3v) is 4.28. The van der Waals surface area contributed by atoms with E-state index in [0.717, 1.165) is 37.8 Å². The minimum atomic E-state index is -0.641. The molecule has 0 spiro atoms. The first kappa shape index (κ1) is 17.3. The second kappa shape index (κ2) is 7.99. The molecule has 7 heteroatoms. The van der Waals surface area contributed by atoms with Crippen LogP contribution in [-0.2, 0) is 11.3 Å². The first-order valence-electron chi connectivity index (χ1n) is 8.36. The summed E-state index contributed by atoms with van der Waals surface area (Å²) < 4.78 is 1.88. The molecular weight excluding hydrogens is 294 g/mol. The SMILES string of the molecule is CCCC[C@@H](NC(N)=O)C(=O)N1CCC[C@@H]1Cn1cc(C)cn1. The molecule has 1 fully saturated rings. The highest BCUT2D eigenvalue weighted by molar-refractivity contribution is 5.86. The molecule has 7 nitrogen and oxygen atoms in total. The summed E-state index contributed by atoms with van der Waals surface area (Å²) in [6.45, 7) is 5.48. The summed E-state index contributed by atoms with van der Waals surface area (Å²) in [5, 5.41) is 6.91. The van der Waals surface area contributed by atoms with Crippen LogP contribution in [0.2, 0.25) is 0 Å². The summed E-state index contributed by atoms with van der Waals surface area (Å²) in [4.78, 5) is 25.9. The molecule has 1 aromatic heterocycles. The maximum atomic E-state index is 12.8. The fraction of sp³-hybridized carbons (Fsp3) is 0.688. The smallest absolute Gasteiger partial charge is 0.312 e. The monoisotopic (exact) mass is 321 g/mol. The van der Waals surface area contributed by atoms with E-state index in [1.165, 1.54) is 0 Å². The molecule has 0 aliphatic carbocycles. The van der Waals surface area contributed by atoms with E-state index in [-0.39, 0.29) is 11.9 Å². The topological polar surface area (TPSA) is 93.2 Å². The van der Waals surface area contributed by atoms with Crippen molar-refractivity contribution < 1.29 is 9.59 Å². The number of carbonyl (C=O) groups excluding carboxylic acids is 2. The van der Waals surface area contributed by atoms with E-state index >= 15 is 0 Å². The van der Waals surface area contributed by atoms with E-state index in [1.807, 2.05) is 28.9 Å². The van der Waals surface area contributed by atoms with Gasteiger partial charge in [-0.1, -0.05) is 19.8 Å². The molecule has 1 aliphatic heterocycles. The minimum absolute atomic E-state index is 0.0244. The molecule has 128 valence electrons. The number of rotatable bonds is 7. The number of likely N-dealkylation sites (tertiary alicyclic amines) is 1. The van der Waals surface area contributed by atoms with Gasteiger partial charge in [0.25, 0.3) is 0 Å². The summed E-state index contributed by atoms with van der Waals surface area (Å²) in [5.74, 6) is -0.0244. The molecule has 23 heavy (non-hydrogen) atoms. The van der Waals surface area contributed by atoms with Gasteiger partial charge in [0.05, 0.1) is 18.8 Å². The molecule has 2 rings (SSSR count). The summed E-state index contributed by atoms with van der Waals surface area (Å²) in [6, 6.07) is -1.04. The molecular formula is C16H27N5O2. The molecule has 0 radical (unpaired) electrons. The number of unbranched alkanes of at least 4 members (excludes halogenated alkanes) is 1. The number of primary amides is 1. The normalized spacial score (nSPS) is 18.9. The van der Waals surface area contributed by atoms with E-state index in [2.05, 4.69) is 17.3 Å². The van der Waals surface area contributed by atoms with Gasteiger partial charge in [-0.25, -0.2) is 4.79 Å². The van der Waals surface area contributed by atoms with Crippen LogP contribution in [0.25, 0.3) is 0 Å². The van der Waals surface area contributed by atoms with E-state index < -0.39 is 12.1 Å². The van der Waals surface area contributed by atoms with Crippen LogP contribution in [-0.4, -0.2) is 45.2 Å². The molecule has 3 amide bonds. The Bertz CT molecular complexity index is 542. The van der Waals surface area contributed by atoms with E-state index in [0.29, 0.717) is 13.0 Å². The Morgan fingerprint density at radius 1 is 1.52 bits per heavy atom. The molecule has 1 saturated heterocycles. The van der Waals surface area contributed by atoms with Gasteiger partial charge in [-0.3, -0.25) is 9.48 Å². The summed E-state index contributed by atoms with van der Waals surface area (Å²) >= 11 is 0. The number of nitrogens with one attached hydrogen (secondary N) is 1. The molecule has 1 aromatic rings. The zero-order valence-electron chi connectivity index (χ0n) is 14.0. The van der Waals surface area contributed by atoms with Crippen LogP contribution in [0.15, 0.2) is 12.4 Å². The molecule has 1 aliphatic rings. The summed E-state index contributed by atoms with van der Waals surface area (Å²) in [5.41, 5.74) is 6.34. The lowest BCUT2D eigenvalue weighted by Crippen LogP contribution is -2.52. The lowest BCUT2D eigenvalue weighted by molar-refractivity contribution is -0.134. The molecule has 0 saturated carbocycles. The van der Waals surface area contributed by atoms with Crippen LogP contribution in [0.5, 0.6) is 0 Å². The van der Waals surface area contributed by atoms with Gasteiger partial charge in [0.2, 0.25) is 5.91 Å². The maximum absolute atomic E-state index is 12.8. The summed E-state index contributed by atoms with van der Waals surface area (Å²) in [6.07, 6.45) is 8.22. The van der Waals surface area contributed by atoms with Crippen molar-refractivity contribution in [2.75, 3.05) is 6.54 Å². The maximum Gasteiger partial charge on any atom is 0.312 e. The number of hydrogen-bond acceptors (Lipinski definition) is 3. The van der Waals surface area contributed by atoms with Gasteiger partial charge in [-0.15, -0.1) is 0 Å². The molecule has 3 N–H and O–H groups in total. The van der Waals surface area contributed by atoms with Crippen molar-refractivity contribution in [3.63, 3.8) is 0 Å². The molecule has 0 bridgehead atoms. The Morgan fingerprint density at radius 2 is 2.30 bits per heavy atom. The Labute approximate surface area is 137 Å². The number of hydrogen-bond donors (Lipinski definition) is 2. The average molecular weight is 321 g/mol. The van der Waals surface area contributed by atoms with Gasteiger partial charge in [-0.05, 0) is 31.7 Å². The van der Waals surface area contributed by atoms with Crippen LogP contribution in [0.3, 0.4) is 0 Å².